The fraction of sp³-hybridized carbons (Fsp3) is 0.333. The first-order valence-corrected chi connectivity index (χ1v) is 9.50. The Kier molecular flexibility index (Phi) is 5.04. The SMILES string of the molecule is Cc1cc(C)cc(CC(NC2=NCCS2)c2cc(C#N)cs2)c1. The zero-order chi connectivity index (χ0) is 16.2. The summed E-state index contributed by atoms with van der Waals surface area (Å²) in [6, 6.07) is 11.1. The Bertz CT molecular complexity index is 751. The molecule has 1 N–H and O–H groups in total. The van der Waals surface area contributed by atoms with E-state index in [-0.39, 0.29) is 6.04 Å². The van der Waals surface area contributed by atoms with Crippen LogP contribution in [0.4, 0.5) is 0 Å². The summed E-state index contributed by atoms with van der Waals surface area (Å²) < 4.78 is 0. The third kappa shape index (κ3) is 4.15. The molecule has 2 heterocycles. The van der Waals surface area contributed by atoms with Gasteiger partial charge in [0, 0.05) is 16.0 Å². The first kappa shape index (κ1) is 16.1. The van der Waals surface area contributed by atoms with E-state index in [0.29, 0.717) is 0 Å². The maximum absolute atomic E-state index is 9.09. The van der Waals surface area contributed by atoms with Gasteiger partial charge in [-0.3, -0.25) is 4.99 Å². The highest BCUT2D eigenvalue weighted by molar-refractivity contribution is 8.14. The van der Waals surface area contributed by atoms with Crippen molar-refractivity contribution in [1.82, 2.24) is 5.32 Å². The molecule has 2 aromatic rings. The number of hydrogen-bond acceptors (Lipinski definition) is 5. The number of nitrogens with one attached hydrogen (secondary N) is 1. The van der Waals surface area contributed by atoms with Gasteiger partial charge >= 0.3 is 0 Å². The first-order valence-electron chi connectivity index (χ1n) is 7.63. The van der Waals surface area contributed by atoms with Crippen molar-refractivity contribution in [3.05, 3.63) is 56.8 Å². The molecule has 118 valence electrons. The van der Waals surface area contributed by atoms with Crippen molar-refractivity contribution in [2.45, 2.75) is 26.3 Å². The fourth-order valence-corrected chi connectivity index (χ4v) is 4.48. The van der Waals surface area contributed by atoms with E-state index in [1.165, 1.54) is 21.6 Å². The number of aryl methyl sites for hydroxylation is 2. The number of thiophene rings is 1. The molecule has 0 amide bonds. The van der Waals surface area contributed by atoms with E-state index in [2.05, 4.69) is 48.4 Å². The molecule has 0 bridgehead atoms. The average molecular weight is 342 g/mol. The smallest absolute Gasteiger partial charge is 0.157 e. The summed E-state index contributed by atoms with van der Waals surface area (Å²) >= 11 is 3.42. The summed E-state index contributed by atoms with van der Waals surface area (Å²) in [5.41, 5.74) is 4.62. The lowest BCUT2D eigenvalue weighted by Crippen LogP contribution is -2.26. The van der Waals surface area contributed by atoms with E-state index >= 15 is 0 Å². The molecule has 23 heavy (non-hydrogen) atoms. The average Bonchev–Trinajstić information content (AvgIpc) is 3.16. The molecule has 0 fully saturated rings. The molecule has 0 saturated carbocycles. The van der Waals surface area contributed by atoms with E-state index in [0.717, 1.165) is 29.4 Å². The minimum absolute atomic E-state index is 0.160. The summed E-state index contributed by atoms with van der Waals surface area (Å²) in [4.78, 5) is 5.70. The van der Waals surface area contributed by atoms with Gasteiger partial charge in [0.2, 0.25) is 0 Å². The molecule has 5 heteroatoms. The predicted molar refractivity (Wildman–Crippen MR) is 99.3 cm³/mol. The van der Waals surface area contributed by atoms with Gasteiger partial charge in [-0.1, -0.05) is 41.1 Å². The van der Waals surface area contributed by atoms with Gasteiger partial charge in [-0.05, 0) is 31.9 Å². The van der Waals surface area contributed by atoms with Crippen molar-refractivity contribution in [3.63, 3.8) is 0 Å². The van der Waals surface area contributed by atoms with Gasteiger partial charge in [0.05, 0.1) is 18.2 Å². The number of aliphatic imine (C=N–C) groups is 1. The normalized spacial score (nSPS) is 15.1. The molecule has 1 atom stereocenters. The zero-order valence-electron chi connectivity index (χ0n) is 13.3. The van der Waals surface area contributed by atoms with E-state index in [4.69, 9.17) is 5.26 Å². The second kappa shape index (κ2) is 7.20. The largest absolute Gasteiger partial charge is 0.357 e. The number of benzene rings is 1. The van der Waals surface area contributed by atoms with Crippen LogP contribution in [0.1, 0.15) is 33.2 Å². The molecule has 3 rings (SSSR count). The monoisotopic (exact) mass is 341 g/mol. The Morgan fingerprint density at radius 3 is 2.65 bits per heavy atom. The molecule has 1 unspecified atom stereocenters. The van der Waals surface area contributed by atoms with Crippen molar-refractivity contribution in [2.24, 2.45) is 4.99 Å². The third-order valence-corrected chi connectivity index (χ3v) is 5.65. The second-order valence-corrected chi connectivity index (χ2v) is 7.81. The molecule has 0 radical (unpaired) electrons. The molecule has 1 aromatic carbocycles. The highest BCUT2D eigenvalue weighted by Gasteiger charge is 2.18. The maximum Gasteiger partial charge on any atom is 0.157 e. The van der Waals surface area contributed by atoms with Crippen molar-refractivity contribution in [2.75, 3.05) is 12.3 Å². The van der Waals surface area contributed by atoms with Crippen molar-refractivity contribution >= 4 is 28.3 Å². The van der Waals surface area contributed by atoms with Gasteiger partial charge in [-0.2, -0.15) is 5.26 Å². The van der Waals surface area contributed by atoms with Crippen molar-refractivity contribution in [1.29, 1.82) is 5.26 Å². The number of amidine groups is 1. The van der Waals surface area contributed by atoms with Crippen LogP contribution in [0.25, 0.3) is 0 Å². The van der Waals surface area contributed by atoms with Crippen LogP contribution in [0.3, 0.4) is 0 Å². The first-order chi connectivity index (χ1) is 11.1. The summed E-state index contributed by atoms with van der Waals surface area (Å²) in [5.74, 6) is 1.05. The van der Waals surface area contributed by atoms with Crippen LogP contribution in [0.15, 0.2) is 34.6 Å². The number of rotatable bonds is 4. The van der Waals surface area contributed by atoms with Gasteiger partial charge in [-0.15, -0.1) is 11.3 Å². The third-order valence-electron chi connectivity index (χ3n) is 3.70. The quantitative estimate of drug-likeness (QED) is 0.906. The molecule has 0 saturated heterocycles. The number of thioether (sulfide) groups is 1. The van der Waals surface area contributed by atoms with E-state index in [1.54, 1.807) is 23.1 Å². The summed E-state index contributed by atoms with van der Waals surface area (Å²) in [6.45, 7) is 5.15. The minimum Gasteiger partial charge on any atom is -0.357 e. The molecule has 0 aliphatic carbocycles. The highest BCUT2D eigenvalue weighted by Crippen LogP contribution is 2.27. The number of hydrogen-bond donors (Lipinski definition) is 1. The maximum atomic E-state index is 9.09. The minimum atomic E-state index is 0.160. The van der Waals surface area contributed by atoms with Crippen molar-refractivity contribution < 1.29 is 0 Å². The van der Waals surface area contributed by atoms with Gasteiger partial charge in [0.15, 0.2) is 5.17 Å². The Labute approximate surface area is 145 Å². The van der Waals surface area contributed by atoms with Gasteiger partial charge in [0.1, 0.15) is 6.07 Å². The van der Waals surface area contributed by atoms with E-state index < -0.39 is 0 Å². The molecule has 1 aliphatic rings. The van der Waals surface area contributed by atoms with Crippen LogP contribution >= 0.6 is 23.1 Å². The Hall–Kier alpha value is -1.77. The Morgan fingerprint density at radius 1 is 1.26 bits per heavy atom. The number of nitriles is 1. The molecule has 0 spiro atoms. The van der Waals surface area contributed by atoms with Crippen LogP contribution in [-0.4, -0.2) is 17.5 Å². The number of nitrogens with zero attached hydrogens (tertiary/aromatic N) is 2. The van der Waals surface area contributed by atoms with Crippen LogP contribution in [0, 0.1) is 25.2 Å². The summed E-state index contributed by atoms with van der Waals surface area (Å²) in [5, 5.41) is 15.6. The molecule has 1 aromatic heterocycles. The molecular formula is C18H19N3S2. The summed E-state index contributed by atoms with van der Waals surface area (Å²) in [6.07, 6.45) is 0.896. The van der Waals surface area contributed by atoms with Crippen LogP contribution in [-0.2, 0) is 6.42 Å². The van der Waals surface area contributed by atoms with Gasteiger partial charge < -0.3 is 5.32 Å². The van der Waals surface area contributed by atoms with Crippen LogP contribution < -0.4 is 5.32 Å². The van der Waals surface area contributed by atoms with Crippen LogP contribution in [0.5, 0.6) is 0 Å². The topological polar surface area (TPSA) is 48.2 Å². The lowest BCUT2D eigenvalue weighted by Gasteiger charge is -2.19. The summed E-state index contributed by atoms with van der Waals surface area (Å²) in [7, 11) is 0. The van der Waals surface area contributed by atoms with E-state index in [9.17, 15) is 0 Å². The fourth-order valence-electron chi connectivity index (χ4n) is 2.81. The zero-order valence-corrected chi connectivity index (χ0v) is 14.9. The molecule has 3 nitrogen and oxygen atoms in total. The lowest BCUT2D eigenvalue weighted by molar-refractivity contribution is 0.659. The lowest BCUT2D eigenvalue weighted by atomic mass is 10.00. The standard InChI is InChI=1S/C18H19N3S2/c1-12-5-13(2)7-14(6-12)8-16(21-18-20-3-4-22-18)17-9-15(10-19)11-23-17/h5-7,9,11,16H,3-4,8H2,1-2H3,(H,20,21). The predicted octanol–water partition coefficient (Wildman–Crippen LogP) is 4.21. The van der Waals surface area contributed by atoms with Crippen molar-refractivity contribution in [3.8, 4) is 6.07 Å². The Morgan fingerprint density at radius 2 is 2.04 bits per heavy atom. The van der Waals surface area contributed by atoms with E-state index in [1.807, 2.05) is 11.4 Å². The highest BCUT2D eigenvalue weighted by atomic mass is 32.2. The molecular weight excluding hydrogens is 322 g/mol. The van der Waals surface area contributed by atoms with Gasteiger partial charge in [0.25, 0.3) is 0 Å². The second-order valence-electron chi connectivity index (χ2n) is 5.78. The van der Waals surface area contributed by atoms with Crippen LogP contribution in [0.2, 0.25) is 0 Å². The molecule has 1 aliphatic heterocycles. The van der Waals surface area contributed by atoms with Gasteiger partial charge in [-0.25, -0.2) is 0 Å². The Balaban J connectivity index is 1.86.